The Bertz CT molecular complexity index is 390. The zero-order chi connectivity index (χ0) is 13.4. The monoisotopic (exact) mass is 266 g/mol. The van der Waals surface area contributed by atoms with E-state index in [1.165, 1.54) is 24.1 Å². The Hall–Kier alpha value is -0.540. The van der Waals surface area contributed by atoms with Crippen LogP contribution in [-0.4, -0.2) is 6.04 Å². The minimum absolute atomic E-state index is 0.445. The van der Waals surface area contributed by atoms with Gasteiger partial charge < -0.3 is 11.1 Å². The van der Waals surface area contributed by atoms with Gasteiger partial charge in [0, 0.05) is 23.2 Å². The molecule has 0 radical (unpaired) electrons. The van der Waals surface area contributed by atoms with Gasteiger partial charge in [-0.15, -0.1) is 11.3 Å². The second kappa shape index (κ2) is 4.86. The summed E-state index contributed by atoms with van der Waals surface area (Å²) >= 11 is 1.75. The zero-order valence-corrected chi connectivity index (χ0v) is 12.9. The van der Waals surface area contributed by atoms with E-state index in [2.05, 4.69) is 38.4 Å². The highest BCUT2D eigenvalue weighted by Crippen LogP contribution is 2.45. The van der Waals surface area contributed by atoms with Crippen molar-refractivity contribution in [2.24, 2.45) is 10.8 Å². The fourth-order valence-corrected chi connectivity index (χ4v) is 4.47. The standard InChI is InChI=1S/C15H26N2S/c1-14(2)7-11(8-15(3,4)10-14)17-9-13-12(16)5-6-18-13/h5-6,11,17H,7-10,16H2,1-4H3. The number of thiophene rings is 1. The molecule has 0 unspecified atom stereocenters. The molecule has 3 N–H and O–H groups in total. The van der Waals surface area contributed by atoms with Gasteiger partial charge in [0.15, 0.2) is 0 Å². The van der Waals surface area contributed by atoms with Gasteiger partial charge in [-0.25, -0.2) is 0 Å². The summed E-state index contributed by atoms with van der Waals surface area (Å²) in [7, 11) is 0. The van der Waals surface area contributed by atoms with Crippen molar-refractivity contribution in [3.63, 3.8) is 0 Å². The number of nitrogens with two attached hydrogens (primary N) is 1. The highest BCUT2D eigenvalue weighted by Gasteiger charge is 2.38. The summed E-state index contributed by atoms with van der Waals surface area (Å²) in [6, 6.07) is 2.61. The molecule has 102 valence electrons. The molecule has 0 bridgehead atoms. The minimum atomic E-state index is 0.445. The van der Waals surface area contributed by atoms with E-state index in [0.29, 0.717) is 16.9 Å². The molecule has 0 atom stereocenters. The molecule has 3 heteroatoms. The average molecular weight is 266 g/mol. The van der Waals surface area contributed by atoms with Crippen LogP contribution in [0.25, 0.3) is 0 Å². The fourth-order valence-electron chi connectivity index (χ4n) is 3.72. The van der Waals surface area contributed by atoms with E-state index in [-0.39, 0.29) is 0 Å². The molecular weight excluding hydrogens is 240 g/mol. The quantitative estimate of drug-likeness (QED) is 0.867. The van der Waals surface area contributed by atoms with Crippen LogP contribution in [0.15, 0.2) is 11.4 Å². The summed E-state index contributed by atoms with van der Waals surface area (Å²) in [6.45, 7) is 10.5. The number of nitrogen functional groups attached to an aromatic ring is 1. The maximum Gasteiger partial charge on any atom is 0.0468 e. The van der Waals surface area contributed by atoms with Gasteiger partial charge in [-0.1, -0.05) is 27.7 Å². The predicted octanol–water partition coefficient (Wildman–Crippen LogP) is 4.02. The molecule has 1 aromatic heterocycles. The van der Waals surface area contributed by atoms with Crippen molar-refractivity contribution >= 4 is 17.0 Å². The van der Waals surface area contributed by atoms with E-state index in [4.69, 9.17) is 5.73 Å². The van der Waals surface area contributed by atoms with Crippen LogP contribution in [0.1, 0.15) is 51.8 Å². The molecule has 18 heavy (non-hydrogen) atoms. The lowest BCUT2D eigenvalue weighted by molar-refractivity contribution is 0.0846. The highest BCUT2D eigenvalue weighted by molar-refractivity contribution is 7.10. The molecule has 1 aliphatic carbocycles. The lowest BCUT2D eigenvalue weighted by atomic mass is 9.63. The SMILES string of the molecule is CC1(C)CC(NCc2sccc2N)CC(C)(C)C1. The van der Waals surface area contributed by atoms with Crippen LogP contribution >= 0.6 is 11.3 Å². The van der Waals surface area contributed by atoms with E-state index >= 15 is 0 Å². The van der Waals surface area contributed by atoms with Crippen LogP contribution < -0.4 is 11.1 Å². The molecule has 1 aromatic rings. The summed E-state index contributed by atoms with van der Waals surface area (Å²) in [5.41, 5.74) is 7.76. The van der Waals surface area contributed by atoms with Crippen molar-refractivity contribution in [3.8, 4) is 0 Å². The Morgan fingerprint density at radius 2 is 1.89 bits per heavy atom. The second-order valence-corrected chi connectivity index (χ2v) is 8.29. The molecule has 2 rings (SSSR count). The van der Waals surface area contributed by atoms with Crippen LogP contribution in [0.3, 0.4) is 0 Å². The van der Waals surface area contributed by atoms with Crippen LogP contribution in [0.4, 0.5) is 5.69 Å². The Morgan fingerprint density at radius 1 is 1.28 bits per heavy atom. The summed E-state index contributed by atoms with van der Waals surface area (Å²) in [5, 5.41) is 5.78. The van der Waals surface area contributed by atoms with Gasteiger partial charge >= 0.3 is 0 Å². The van der Waals surface area contributed by atoms with Crippen molar-refractivity contribution < 1.29 is 0 Å². The van der Waals surface area contributed by atoms with E-state index in [9.17, 15) is 0 Å². The number of hydrogen-bond donors (Lipinski definition) is 2. The zero-order valence-electron chi connectivity index (χ0n) is 12.0. The van der Waals surface area contributed by atoms with Crippen LogP contribution in [0.2, 0.25) is 0 Å². The summed E-state index contributed by atoms with van der Waals surface area (Å²) in [4.78, 5) is 1.27. The third-order valence-electron chi connectivity index (χ3n) is 3.89. The van der Waals surface area contributed by atoms with Crippen molar-refractivity contribution in [1.29, 1.82) is 0 Å². The normalized spacial score (nSPS) is 23.1. The minimum Gasteiger partial charge on any atom is -0.398 e. The smallest absolute Gasteiger partial charge is 0.0468 e. The number of rotatable bonds is 3. The van der Waals surface area contributed by atoms with Crippen molar-refractivity contribution in [3.05, 3.63) is 16.3 Å². The Labute approximate surface area is 115 Å². The van der Waals surface area contributed by atoms with Gasteiger partial charge in [0.25, 0.3) is 0 Å². The van der Waals surface area contributed by atoms with E-state index in [1.54, 1.807) is 11.3 Å². The number of hydrogen-bond acceptors (Lipinski definition) is 3. The molecule has 0 saturated heterocycles. The van der Waals surface area contributed by atoms with E-state index < -0.39 is 0 Å². The molecule has 1 aliphatic rings. The Morgan fingerprint density at radius 3 is 2.39 bits per heavy atom. The molecule has 0 amide bonds. The third kappa shape index (κ3) is 3.48. The lowest BCUT2D eigenvalue weighted by Crippen LogP contribution is -2.43. The molecule has 1 heterocycles. The van der Waals surface area contributed by atoms with Crippen molar-refractivity contribution in [1.82, 2.24) is 5.32 Å². The summed E-state index contributed by atoms with van der Waals surface area (Å²) in [6.07, 6.45) is 3.85. The largest absolute Gasteiger partial charge is 0.398 e. The third-order valence-corrected chi connectivity index (χ3v) is 4.82. The van der Waals surface area contributed by atoms with Crippen molar-refractivity contribution in [2.45, 2.75) is 59.5 Å². The molecule has 0 aromatic carbocycles. The molecule has 0 aliphatic heterocycles. The highest BCUT2D eigenvalue weighted by atomic mass is 32.1. The molecule has 2 nitrogen and oxygen atoms in total. The number of nitrogens with one attached hydrogen (secondary N) is 1. The van der Waals surface area contributed by atoms with Gasteiger partial charge in [-0.2, -0.15) is 0 Å². The summed E-state index contributed by atoms with van der Waals surface area (Å²) in [5.74, 6) is 0. The average Bonchev–Trinajstić information content (AvgIpc) is 2.56. The van der Waals surface area contributed by atoms with Crippen LogP contribution in [-0.2, 0) is 6.54 Å². The molecule has 1 saturated carbocycles. The summed E-state index contributed by atoms with van der Waals surface area (Å²) < 4.78 is 0. The first-order valence-electron chi connectivity index (χ1n) is 6.83. The van der Waals surface area contributed by atoms with Crippen LogP contribution in [0.5, 0.6) is 0 Å². The second-order valence-electron chi connectivity index (χ2n) is 7.29. The maximum atomic E-state index is 5.93. The van der Waals surface area contributed by atoms with Crippen LogP contribution in [0, 0.1) is 10.8 Å². The molecule has 0 spiro atoms. The van der Waals surface area contributed by atoms with Gasteiger partial charge in [0.05, 0.1) is 0 Å². The Kier molecular flexibility index (Phi) is 3.75. The first-order valence-corrected chi connectivity index (χ1v) is 7.71. The van der Waals surface area contributed by atoms with Gasteiger partial charge in [0.1, 0.15) is 0 Å². The molecule has 1 fully saturated rings. The van der Waals surface area contributed by atoms with E-state index in [0.717, 1.165) is 12.2 Å². The first kappa shape index (κ1) is 13.9. The first-order chi connectivity index (χ1) is 8.27. The van der Waals surface area contributed by atoms with E-state index in [1.807, 2.05) is 6.07 Å². The number of anilines is 1. The van der Waals surface area contributed by atoms with Crippen molar-refractivity contribution in [2.75, 3.05) is 5.73 Å². The maximum absolute atomic E-state index is 5.93. The van der Waals surface area contributed by atoms with Gasteiger partial charge in [-0.05, 0) is 41.5 Å². The lowest BCUT2D eigenvalue weighted by Gasteiger charge is -2.45. The Balaban J connectivity index is 1.95. The van der Waals surface area contributed by atoms with Gasteiger partial charge in [0.2, 0.25) is 0 Å². The fraction of sp³-hybridized carbons (Fsp3) is 0.733. The topological polar surface area (TPSA) is 38.0 Å². The molecular formula is C15H26N2S. The predicted molar refractivity (Wildman–Crippen MR) is 80.8 cm³/mol. The van der Waals surface area contributed by atoms with Gasteiger partial charge in [-0.3, -0.25) is 0 Å².